The molecule has 30 heavy (non-hydrogen) atoms. The second kappa shape index (κ2) is 8.26. The molecule has 0 aliphatic rings. The number of carbonyl (C=O) groups excluding carboxylic acids is 2. The van der Waals surface area contributed by atoms with Gasteiger partial charge < -0.3 is 16.4 Å². The zero-order valence-electron chi connectivity index (χ0n) is 15.8. The lowest BCUT2D eigenvalue weighted by atomic mass is 9.99. The van der Waals surface area contributed by atoms with Gasteiger partial charge in [0.2, 0.25) is 5.91 Å². The largest absolute Gasteiger partial charge is 0.366 e. The number of urea groups is 1. The molecule has 0 radical (unpaired) electrons. The van der Waals surface area contributed by atoms with Crippen molar-refractivity contribution >= 4 is 40.1 Å². The molecule has 3 aromatic carbocycles. The van der Waals surface area contributed by atoms with Crippen LogP contribution in [0.15, 0.2) is 66.7 Å². The SMILES string of the molecule is NC(=O)c1cccc2[nH]nc(-c3ccccc3CNC(=O)Nc3cccc(Cl)c3)c12. The molecule has 0 fully saturated rings. The van der Waals surface area contributed by atoms with Gasteiger partial charge in [-0.25, -0.2) is 4.79 Å². The van der Waals surface area contributed by atoms with E-state index in [0.717, 1.165) is 11.1 Å². The van der Waals surface area contributed by atoms with Crippen LogP contribution in [-0.2, 0) is 6.54 Å². The van der Waals surface area contributed by atoms with E-state index in [4.69, 9.17) is 17.3 Å². The number of aromatic amines is 1. The lowest BCUT2D eigenvalue weighted by Gasteiger charge is -2.11. The molecule has 4 rings (SSSR count). The zero-order valence-corrected chi connectivity index (χ0v) is 16.5. The second-order valence-corrected chi connectivity index (χ2v) is 7.08. The van der Waals surface area contributed by atoms with Crippen LogP contribution in [0.4, 0.5) is 10.5 Å². The highest BCUT2D eigenvalue weighted by atomic mass is 35.5. The molecule has 1 heterocycles. The maximum absolute atomic E-state index is 12.3. The van der Waals surface area contributed by atoms with E-state index in [1.54, 1.807) is 36.4 Å². The number of benzene rings is 3. The fraction of sp³-hybridized carbons (Fsp3) is 0.0455. The lowest BCUT2D eigenvalue weighted by molar-refractivity contribution is 0.100. The van der Waals surface area contributed by atoms with E-state index in [1.165, 1.54) is 0 Å². The lowest BCUT2D eigenvalue weighted by Crippen LogP contribution is -2.28. The number of halogens is 1. The summed E-state index contributed by atoms with van der Waals surface area (Å²) in [7, 11) is 0. The molecular weight excluding hydrogens is 402 g/mol. The second-order valence-electron chi connectivity index (χ2n) is 6.64. The van der Waals surface area contributed by atoms with Gasteiger partial charge in [-0.3, -0.25) is 9.89 Å². The van der Waals surface area contributed by atoms with E-state index < -0.39 is 5.91 Å². The minimum Gasteiger partial charge on any atom is -0.366 e. The van der Waals surface area contributed by atoms with E-state index in [-0.39, 0.29) is 12.6 Å². The van der Waals surface area contributed by atoms with Crippen LogP contribution in [0.5, 0.6) is 0 Å². The molecule has 0 unspecified atom stereocenters. The number of anilines is 1. The summed E-state index contributed by atoms with van der Waals surface area (Å²) in [5.74, 6) is -0.528. The number of nitrogens with zero attached hydrogens (tertiary/aromatic N) is 1. The van der Waals surface area contributed by atoms with E-state index in [0.29, 0.717) is 32.9 Å². The Bertz CT molecular complexity index is 1250. The molecule has 0 bridgehead atoms. The predicted molar refractivity (Wildman–Crippen MR) is 117 cm³/mol. The molecule has 150 valence electrons. The summed E-state index contributed by atoms with van der Waals surface area (Å²) in [5, 5.41) is 14.1. The van der Waals surface area contributed by atoms with Gasteiger partial charge in [-0.15, -0.1) is 0 Å². The van der Waals surface area contributed by atoms with Crippen LogP contribution >= 0.6 is 11.6 Å². The number of primary amides is 1. The standard InChI is InChI=1S/C22H18ClN5O2/c23-14-6-3-7-15(11-14)26-22(30)25-12-13-5-1-2-8-16(13)20-19-17(21(24)29)9-4-10-18(19)27-28-20/h1-11H,12H2,(H2,24,29)(H,27,28)(H2,25,26,30). The monoisotopic (exact) mass is 419 g/mol. The molecule has 5 N–H and O–H groups in total. The number of rotatable bonds is 5. The molecule has 0 saturated carbocycles. The Labute approximate surface area is 177 Å². The van der Waals surface area contributed by atoms with Gasteiger partial charge in [0.25, 0.3) is 0 Å². The van der Waals surface area contributed by atoms with Crippen LogP contribution < -0.4 is 16.4 Å². The van der Waals surface area contributed by atoms with Gasteiger partial charge in [0, 0.05) is 28.2 Å². The zero-order chi connectivity index (χ0) is 21.1. The number of H-pyrrole nitrogens is 1. The summed E-state index contributed by atoms with van der Waals surface area (Å²) in [4.78, 5) is 24.2. The summed E-state index contributed by atoms with van der Waals surface area (Å²) < 4.78 is 0. The van der Waals surface area contributed by atoms with Gasteiger partial charge in [0.05, 0.1) is 11.1 Å². The van der Waals surface area contributed by atoms with Crippen molar-refractivity contribution in [2.24, 2.45) is 5.73 Å². The molecule has 0 aliphatic heterocycles. The van der Waals surface area contributed by atoms with E-state index >= 15 is 0 Å². The van der Waals surface area contributed by atoms with Crippen molar-refractivity contribution in [3.05, 3.63) is 82.9 Å². The first kappa shape index (κ1) is 19.5. The summed E-state index contributed by atoms with van der Waals surface area (Å²) in [6.45, 7) is 0.260. The molecule has 0 atom stereocenters. The van der Waals surface area contributed by atoms with Gasteiger partial charge in [0.15, 0.2) is 0 Å². The van der Waals surface area contributed by atoms with Crippen LogP contribution in [0, 0.1) is 0 Å². The van der Waals surface area contributed by atoms with Crippen LogP contribution in [0.25, 0.3) is 22.2 Å². The van der Waals surface area contributed by atoms with Crippen molar-refractivity contribution in [3.8, 4) is 11.3 Å². The number of nitrogens with two attached hydrogens (primary N) is 1. The van der Waals surface area contributed by atoms with Crippen LogP contribution in [0.3, 0.4) is 0 Å². The Morgan fingerprint density at radius 1 is 1.03 bits per heavy atom. The minimum atomic E-state index is -0.528. The predicted octanol–water partition coefficient (Wildman–Crippen LogP) is 4.30. The fourth-order valence-electron chi connectivity index (χ4n) is 3.30. The minimum absolute atomic E-state index is 0.260. The smallest absolute Gasteiger partial charge is 0.319 e. The number of amides is 3. The van der Waals surface area contributed by atoms with Gasteiger partial charge in [0.1, 0.15) is 5.69 Å². The molecule has 1 aromatic heterocycles. The summed E-state index contributed by atoms with van der Waals surface area (Å²) in [6.07, 6.45) is 0. The first-order valence-corrected chi connectivity index (χ1v) is 9.56. The number of hydrogen-bond donors (Lipinski definition) is 4. The first-order chi connectivity index (χ1) is 14.5. The third kappa shape index (κ3) is 3.97. The molecule has 0 aliphatic carbocycles. The number of nitrogens with one attached hydrogen (secondary N) is 3. The van der Waals surface area contributed by atoms with E-state index in [1.807, 2.05) is 30.3 Å². The Morgan fingerprint density at radius 3 is 2.63 bits per heavy atom. The van der Waals surface area contributed by atoms with Gasteiger partial charge >= 0.3 is 6.03 Å². The molecule has 0 saturated heterocycles. The molecule has 4 aromatic rings. The van der Waals surface area contributed by atoms with E-state index in [2.05, 4.69) is 20.8 Å². The quantitative estimate of drug-likeness (QED) is 0.386. The molecular formula is C22H18ClN5O2. The third-order valence-electron chi connectivity index (χ3n) is 4.65. The Hall–Kier alpha value is -3.84. The van der Waals surface area contributed by atoms with E-state index in [9.17, 15) is 9.59 Å². The number of aromatic nitrogens is 2. The highest BCUT2D eigenvalue weighted by Gasteiger charge is 2.17. The highest BCUT2D eigenvalue weighted by Crippen LogP contribution is 2.31. The fourth-order valence-corrected chi connectivity index (χ4v) is 3.49. The van der Waals surface area contributed by atoms with Crippen LogP contribution in [-0.4, -0.2) is 22.1 Å². The Morgan fingerprint density at radius 2 is 1.83 bits per heavy atom. The van der Waals surface area contributed by atoms with Crippen LogP contribution in [0.1, 0.15) is 15.9 Å². The molecule has 7 nitrogen and oxygen atoms in total. The van der Waals surface area contributed by atoms with Gasteiger partial charge in [-0.2, -0.15) is 5.10 Å². The topological polar surface area (TPSA) is 113 Å². The molecule has 8 heteroatoms. The Kier molecular flexibility index (Phi) is 5.36. The maximum Gasteiger partial charge on any atom is 0.319 e. The Balaban J connectivity index is 1.60. The summed E-state index contributed by atoms with van der Waals surface area (Å²) in [5.41, 5.74) is 9.48. The normalized spacial score (nSPS) is 10.7. The summed E-state index contributed by atoms with van der Waals surface area (Å²) in [6, 6.07) is 19.3. The highest BCUT2D eigenvalue weighted by molar-refractivity contribution is 6.30. The van der Waals surface area contributed by atoms with Crippen molar-refractivity contribution in [3.63, 3.8) is 0 Å². The summed E-state index contributed by atoms with van der Waals surface area (Å²) >= 11 is 5.95. The van der Waals surface area contributed by atoms with Gasteiger partial charge in [-0.1, -0.05) is 48.0 Å². The van der Waals surface area contributed by atoms with Crippen molar-refractivity contribution in [2.75, 3.05) is 5.32 Å². The molecule has 3 amide bonds. The first-order valence-electron chi connectivity index (χ1n) is 9.18. The number of carbonyl (C=O) groups is 2. The average Bonchev–Trinajstić information content (AvgIpc) is 3.16. The maximum atomic E-state index is 12.3. The van der Waals surface area contributed by atoms with Crippen molar-refractivity contribution in [2.45, 2.75) is 6.54 Å². The number of hydrogen-bond acceptors (Lipinski definition) is 3. The third-order valence-corrected chi connectivity index (χ3v) is 4.88. The van der Waals surface area contributed by atoms with Crippen molar-refractivity contribution in [1.29, 1.82) is 0 Å². The van der Waals surface area contributed by atoms with Crippen LogP contribution in [0.2, 0.25) is 5.02 Å². The average molecular weight is 420 g/mol. The van der Waals surface area contributed by atoms with Gasteiger partial charge in [-0.05, 0) is 35.9 Å². The van der Waals surface area contributed by atoms with Crippen molar-refractivity contribution in [1.82, 2.24) is 15.5 Å². The van der Waals surface area contributed by atoms with Crippen molar-refractivity contribution < 1.29 is 9.59 Å². The number of fused-ring (bicyclic) bond motifs is 1. The molecule has 0 spiro atoms.